The second-order valence-corrected chi connectivity index (χ2v) is 7.93. The summed E-state index contributed by atoms with van der Waals surface area (Å²) in [6.45, 7) is 2.61. The number of para-hydroxylation sites is 1. The monoisotopic (exact) mass is 356 g/mol. The predicted molar refractivity (Wildman–Crippen MR) is 105 cm³/mol. The van der Waals surface area contributed by atoms with Gasteiger partial charge < -0.3 is 5.32 Å². The van der Waals surface area contributed by atoms with Crippen molar-refractivity contribution in [3.05, 3.63) is 65.7 Å². The molecule has 3 rings (SSSR count). The lowest BCUT2D eigenvalue weighted by Crippen LogP contribution is -2.32. The molecule has 1 aliphatic rings. The van der Waals surface area contributed by atoms with Crippen molar-refractivity contribution in [3.63, 3.8) is 0 Å². The molecule has 2 aromatic rings. The van der Waals surface area contributed by atoms with Gasteiger partial charge in [0.15, 0.2) is 0 Å². The molecule has 1 amide bonds. The fraction of sp³-hybridized carbons (Fsp3) is 0.263. The summed E-state index contributed by atoms with van der Waals surface area (Å²) in [5.74, 6) is 0.998. The van der Waals surface area contributed by atoms with Crippen LogP contribution in [0.15, 0.2) is 59.6 Å². The summed E-state index contributed by atoms with van der Waals surface area (Å²) in [7, 11) is 0. The molecule has 0 radical (unpaired) electrons. The molecular formula is C19H20N2OS2. The molecule has 1 heterocycles. The normalized spacial score (nSPS) is 14.5. The van der Waals surface area contributed by atoms with Gasteiger partial charge in [-0.2, -0.15) is 0 Å². The molecule has 1 atom stereocenters. The van der Waals surface area contributed by atoms with Gasteiger partial charge in [0.2, 0.25) is 5.91 Å². The average molecular weight is 357 g/mol. The molecule has 0 spiro atoms. The van der Waals surface area contributed by atoms with Gasteiger partial charge >= 0.3 is 0 Å². The van der Waals surface area contributed by atoms with E-state index in [2.05, 4.69) is 11.4 Å². The summed E-state index contributed by atoms with van der Waals surface area (Å²) >= 11 is 3.29. The van der Waals surface area contributed by atoms with Crippen LogP contribution in [0.25, 0.3) is 0 Å². The number of amides is 1. The fourth-order valence-electron chi connectivity index (χ4n) is 2.42. The molecule has 124 valence electrons. The Morgan fingerprint density at radius 3 is 2.75 bits per heavy atom. The van der Waals surface area contributed by atoms with Crippen LogP contribution < -0.4 is 5.32 Å². The number of benzene rings is 2. The summed E-state index contributed by atoms with van der Waals surface area (Å²) < 4.78 is 0.982. The lowest BCUT2D eigenvalue weighted by Gasteiger charge is -2.19. The van der Waals surface area contributed by atoms with Crippen LogP contribution in [-0.4, -0.2) is 15.5 Å². The van der Waals surface area contributed by atoms with Crippen molar-refractivity contribution in [1.29, 1.82) is 0 Å². The van der Waals surface area contributed by atoms with Crippen molar-refractivity contribution >= 4 is 39.5 Å². The van der Waals surface area contributed by atoms with Crippen molar-refractivity contribution in [2.24, 2.45) is 4.99 Å². The van der Waals surface area contributed by atoms with Gasteiger partial charge in [-0.05, 0) is 23.6 Å². The Morgan fingerprint density at radius 1 is 1.21 bits per heavy atom. The van der Waals surface area contributed by atoms with Crippen molar-refractivity contribution in [2.45, 2.75) is 30.9 Å². The topological polar surface area (TPSA) is 41.5 Å². The van der Waals surface area contributed by atoms with Crippen LogP contribution >= 0.6 is 23.5 Å². The number of hydrogen-bond donors (Lipinski definition) is 1. The number of carbonyl (C=O) groups excluding carboxylic acids is 1. The number of nitrogens with zero attached hydrogens (tertiary/aromatic N) is 1. The number of carbonyl (C=O) groups is 1. The molecule has 1 aliphatic heterocycles. The number of aliphatic imine (C=N–C) groups is 1. The molecule has 0 aromatic heterocycles. The van der Waals surface area contributed by atoms with Crippen molar-refractivity contribution in [1.82, 2.24) is 5.32 Å². The summed E-state index contributed by atoms with van der Waals surface area (Å²) in [5, 5.41) is 2.93. The lowest BCUT2D eigenvalue weighted by atomic mass is 10.2. The highest BCUT2D eigenvalue weighted by atomic mass is 32.2. The third kappa shape index (κ3) is 4.42. The van der Waals surface area contributed by atoms with E-state index in [1.807, 2.05) is 55.5 Å². The van der Waals surface area contributed by atoms with Gasteiger partial charge in [-0.25, -0.2) is 4.99 Å². The van der Waals surface area contributed by atoms with Crippen LogP contribution in [-0.2, 0) is 17.1 Å². The molecule has 3 nitrogen and oxygen atoms in total. The van der Waals surface area contributed by atoms with Gasteiger partial charge in [-0.15, -0.1) is 0 Å². The Bertz CT molecular complexity index is 731. The van der Waals surface area contributed by atoms with E-state index in [4.69, 9.17) is 4.99 Å². The molecule has 0 saturated heterocycles. The van der Waals surface area contributed by atoms with Gasteiger partial charge in [0.1, 0.15) is 4.38 Å². The van der Waals surface area contributed by atoms with E-state index in [0.717, 1.165) is 27.8 Å². The Labute approximate surface area is 151 Å². The van der Waals surface area contributed by atoms with Crippen molar-refractivity contribution in [2.75, 3.05) is 0 Å². The molecule has 2 aromatic carbocycles. The zero-order valence-electron chi connectivity index (χ0n) is 13.6. The summed E-state index contributed by atoms with van der Waals surface area (Å²) in [5.41, 5.74) is 3.40. The van der Waals surface area contributed by atoms with Crippen LogP contribution in [0.5, 0.6) is 0 Å². The molecule has 0 saturated carbocycles. The van der Waals surface area contributed by atoms with Crippen molar-refractivity contribution in [3.8, 4) is 0 Å². The highest BCUT2D eigenvalue weighted by Crippen LogP contribution is 2.36. The maximum Gasteiger partial charge on any atom is 0.233 e. The first-order valence-corrected chi connectivity index (χ1v) is 9.90. The minimum Gasteiger partial charge on any atom is -0.351 e. The maximum atomic E-state index is 12.5. The van der Waals surface area contributed by atoms with Crippen LogP contribution in [0.3, 0.4) is 0 Å². The predicted octanol–water partition coefficient (Wildman–Crippen LogP) is 4.75. The molecule has 1 N–H and O–H groups in total. The van der Waals surface area contributed by atoms with E-state index in [1.165, 1.54) is 5.56 Å². The zero-order chi connectivity index (χ0) is 16.8. The number of fused-ring (bicyclic) bond motifs is 1. The first-order chi connectivity index (χ1) is 11.8. The molecule has 0 bridgehead atoms. The van der Waals surface area contributed by atoms with Crippen LogP contribution in [0, 0.1) is 0 Å². The van der Waals surface area contributed by atoms with E-state index < -0.39 is 0 Å². The minimum atomic E-state index is -0.106. The minimum absolute atomic E-state index is 0.0773. The Kier molecular flexibility index (Phi) is 5.99. The standard InChI is InChI=1S/C19H20N2OS2/c1-2-17(18(22)20-12-14-8-4-3-5-9-14)24-19-21-16-11-7-6-10-15(16)13-23-19/h3-11,17H,2,12-13H2,1H3,(H,20,22). The molecular weight excluding hydrogens is 336 g/mol. The van der Waals surface area contributed by atoms with E-state index in [1.54, 1.807) is 23.5 Å². The number of nitrogens with one attached hydrogen (secondary N) is 1. The second kappa shape index (κ2) is 8.40. The largest absolute Gasteiger partial charge is 0.351 e. The summed E-state index contributed by atoms with van der Waals surface area (Å²) in [6, 6.07) is 18.2. The number of hydrogen-bond acceptors (Lipinski definition) is 4. The number of thioether (sulfide) groups is 2. The quantitative estimate of drug-likeness (QED) is 0.840. The lowest BCUT2D eigenvalue weighted by molar-refractivity contribution is -0.120. The Balaban J connectivity index is 1.60. The van der Waals surface area contributed by atoms with E-state index >= 15 is 0 Å². The highest BCUT2D eigenvalue weighted by Gasteiger charge is 2.22. The molecule has 0 fully saturated rings. The maximum absolute atomic E-state index is 12.5. The first kappa shape index (κ1) is 17.1. The Morgan fingerprint density at radius 2 is 1.96 bits per heavy atom. The van der Waals surface area contributed by atoms with E-state index in [-0.39, 0.29) is 11.2 Å². The summed E-state index contributed by atoms with van der Waals surface area (Å²) in [6.07, 6.45) is 0.784. The van der Waals surface area contributed by atoms with Gasteiger partial charge in [0, 0.05) is 12.3 Å². The third-order valence-electron chi connectivity index (χ3n) is 3.77. The van der Waals surface area contributed by atoms with Gasteiger partial charge in [-0.3, -0.25) is 4.79 Å². The van der Waals surface area contributed by atoms with E-state index in [0.29, 0.717) is 6.54 Å². The molecule has 5 heteroatoms. The average Bonchev–Trinajstić information content (AvgIpc) is 2.65. The SMILES string of the molecule is CCC(SC1=Nc2ccccc2CS1)C(=O)NCc1ccccc1. The second-order valence-electron chi connectivity index (χ2n) is 5.51. The fourth-order valence-corrected chi connectivity index (χ4v) is 4.65. The van der Waals surface area contributed by atoms with Gasteiger partial charge in [-0.1, -0.05) is 79.0 Å². The Hall–Kier alpha value is -1.72. The van der Waals surface area contributed by atoms with Crippen LogP contribution in [0.2, 0.25) is 0 Å². The summed E-state index contributed by atoms with van der Waals surface area (Å²) in [4.78, 5) is 17.2. The van der Waals surface area contributed by atoms with E-state index in [9.17, 15) is 4.79 Å². The highest BCUT2D eigenvalue weighted by molar-refractivity contribution is 8.39. The smallest absolute Gasteiger partial charge is 0.233 e. The first-order valence-electron chi connectivity index (χ1n) is 8.04. The van der Waals surface area contributed by atoms with Crippen LogP contribution in [0.1, 0.15) is 24.5 Å². The molecule has 24 heavy (non-hydrogen) atoms. The number of rotatable bonds is 5. The van der Waals surface area contributed by atoms with Gasteiger partial charge in [0.05, 0.1) is 10.9 Å². The van der Waals surface area contributed by atoms with Crippen molar-refractivity contribution < 1.29 is 4.79 Å². The van der Waals surface area contributed by atoms with Crippen LogP contribution in [0.4, 0.5) is 5.69 Å². The van der Waals surface area contributed by atoms with Gasteiger partial charge in [0.25, 0.3) is 0 Å². The zero-order valence-corrected chi connectivity index (χ0v) is 15.2. The molecule has 0 aliphatic carbocycles. The third-order valence-corrected chi connectivity index (χ3v) is 6.33. The molecule has 1 unspecified atom stereocenters.